The maximum atomic E-state index is 10.6. The summed E-state index contributed by atoms with van der Waals surface area (Å²) in [5.74, 6) is 6.29. The molecule has 4 fully saturated rings. The van der Waals surface area contributed by atoms with Crippen molar-refractivity contribution in [2.24, 2.45) is 30.2 Å². The van der Waals surface area contributed by atoms with Gasteiger partial charge in [0.1, 0.15) is 30.0 Å². The first kappa shape index (κ1) is 222. The second kappa shape index (κ2) is 171. The molecule has 0 atom stereocenters. The van der Waals surface area contributed by atoms with Gasteiger partial charge in [0.25, 0.3) is 0 Å². The molecular formula is C121H260N10O16S. The van der Waals surface area contributed by atoms with E-state index in [1.165, 1.54) is 128 Å². The summed E-state index contributed by atoms with van der Waals surface area (Å²) in [7, 11) is 18.2. The number of ketones is 4. The first-order valence-electron chi connectivity index (χ1n) is 45.9. The molecule has 9 rings (SSSR count). The van der Waals surface area contributed by atoms with Gasteiger partial charge in [-0.2, -0.15) is 0 Å². The van der Waals surface area contributed by atoms with E-state index in [-0.39, 0.29) is 178 Å². The van der Waals surface area contributed by atoms with E-state index in [1.807, 2.05) is 136 Å². The summed E-state index contributed by atoms with van der Waals surface area (Å²) in [6, 6.07) is 34.4. The standard InChI is InChI=1S/C8H8O.C8H10.C7H8.C6H7N.2C6H12.2C5H9NO.C5H11NO.C5H8O.C5H12.C4H9NO.C4H8O2.C4H10O.C4H8O.C4H10.C3H5N3.C3H7NO.C3H6O2.C3H8OS.C3H6O.C2H7N.C2H6O.16CH4/c1-7(9)8-5-3-2-4-6-8;1-2-8-6-4-3-5-7-8;1-7-5-3-2-4-6-7;1-6-3-2-4-7-5-6;1-2-6-4-3-5-6;1-4-5-6(2)3;1-6-5(7)4-2-3-4;1-4(7)6-5-2-3-5;1-3-4-5(7)6-2;1-4(6)5-2-3-5;1-5(2,3)4;1-3-4(6)5-2;1-3-4(5)6-2;1-4(2)5-3;1-3-4(2)5;1-3-4-2;1-6-2-4-5-3-6;1-3(5)4-2;1-3(4)5-2;1-5(2,3)4;1-3(2)4;2*1-3-2;;;;;;;;;;;;;;;;/h2-6H,1H3;3-7H,2H2,1H3;2-6H,1H3;2-5H,1H3;6H,2-5H2,1H3;2,4-5H2,1,3H3;4H,2-3H2,1H3,(H,6,7);5H,2-3H2,1H3,(H,6,7);3-4H2,1-2H3,(H,6,7);5H,2-3H2,1H3;1-4H3;3H2,1-2H3,(H,5,6);3H2,1-2H3;4H,1-3H3;3H2,1-2H3;3-4H2,1-2H3;2-3H,1H3;1-2H3,(H,4,5);1-2H3;1H2,2-3H3;1-2H3;3H,1-2H3;1-2H3;16*1H4. The van der Waals surface area contributed by atoms with Crippen LogP contribution >= 0.6 is 0 Å². The number of carbonyl (C=O) groups is 11. The minimum atomic E-state index is -1.67. The molecular weight excluding hydrogens is 1880 g/mol. The number of amides is 5. The minimum Gasteiger partial charge on any atom is -0.469 e. The fraction of sp³-hybridized carbons (Fsp3) is 0.678. The Bertz CT molecular complexity index is 3360. The van der Waals surface area contributed by atoms with Crippen LogP contribution in [0.2, 0.25) is 0 Å². The third-order valence-electron chi connectivity index (χ3n) is 14.5. The van der Waals surface area contributed by atoms with Crippen molar-refractivity contribution >= 4 is 80.0 Å². The van der Waals surface area contributed by atoms with Gasteiger partial charge in [-0.05, 0) is 185 Å². The SMILES string of the molecule is C.C.C.C.C.C.C.C.C.C.C.C.C.C.C.C.C=C(C)CCC.C=S(C)(C)=O.CC(=O)C1CC1.CC(=O)NC1CC1.CC(=O)c1ccccc1.CC(C)(C)C.CC(C)=O.CCC(=O)NC.CCC(=O)OC.CCC(C)=O.CCC1CCC1.CCCC.CCCC(=O)NC.CCc1ccccc1.CNC.CNC(=O)C1CC1.CNC(C)=O.COC.COC(C)=O.COC(C)C.Cc1ccccc1.Cc1cccnc1.Cn1cnnc1. The van der Waals surface area contributed by atoms with Crippen LogP contribution in [0.25, 0.3) is 0 Å². The zero-order valence-electron chi connectivity index (χ0n) is 90.8. The van der Waals surface area contributed by atoms with Crippen LogP contribution in [0.1, 0.15) is 434 Å². The lowest BCUT2D eigenvalue weighted by atomic mass is 9.84. The molecule has 4 saturated carbocycles. The van der Waals surface area contributed by atoms with Crippen LogP contribution in [-0.2, 0) is 89.9 Å². The van der Waals surface area contributed by atoms with Gasteiger partial charge in [0.05, 0.1) is 20.3 Å². The molecule has 6 N–H and O–H groups in total. The Morgan fingerprint density at radius 3 is 0.878 bits per heavy atom. The normalized spacial score (nSPS) is 9.63. The molecule has 0 radical (unpaired) electrons. The van der Waals surface area contributed by atoms with E-state index in [4.69, 9.17) is 4.74 Å². The van der Waals surface area contributed by atoms with Crippen molar-refractivity contribution in [1.82, 2.24) is 51.6 Å². The number of aromatic nitrogens is 4. The van der Waals surface area contributed by atoms with Gasteiger partial charge in [-0.1, -0.05) is 362 Å². The topological polar surface area (TPSA) is 358 Å². The maximum absolute atomic E-state index is 10.6. The monoisotopic (exact) mass is 2140 g/mol. The van der Waals surface area contributed by atoms with Gasteiger partial charge >= 0.3 is 11.9 Å². The number of methoxy groups -OCH3 is 4. The minimum absolute atomic E-state index is 0. The lowest BCUT2D eigenvalue weighted by molar-refractivity contribution is -0.140. The third-order valence-corrected chi connectivity index (χ3v) is 14.5. The molecule has 2 heterocycles. The second-order valence-corrected chi connectivity index (χ2v) is 35.1. The molecule has 0 aliphatic heterocycles. The molecule has 148 heavy (non-hydrogen) atoms. The highest BCUT2D eigenvalue weighted by Gasteiger charge is 2.28. The molecule has 26 nitrogen and oxygen atoms in total. The molecule has 27 heteroatoms. The van der Waals surface area contributed by atoms with E-state index in [1.54, 1.807) is 120 Å². The number of ether oxygens (including phenoxy) is 4. The lowest BCUT2D eigenvalue weighted by Gasteiger charge is -2.22. The zero-order chi connectivity index (χ0) is 106. The number of rotatable bonds is 15. The Labute approximate surface area is 924 Å². The van der Waals surface area contributed by atoms with E-state index < -0.39 is 9.52 Å². The molecule has 3 aromatic carbocycles. The summed E-state index contributed by atoms with van der Waals surface area (Å²) in [6.45, 7) is 53.3. The fourth-order valence-corrected chi connectivity index (χ4v) is 6.18. The predicted octanol–water partition coefficient (Wildman–Crippen LogP) is 31.2. The maximum Gasteiger partial charge on any atom is 0.305 e. The number of allylic oxidation sites excluding steroid dienone is 1. The van der Waals surface area contributed by atoms with Crippen molar-refractivity contribution in [3.8, 4) is 0 Å². The number of carbonyl (C=O) groups excluding carboxylic acids is 11. The number of benzene rings is 3. The Kier molecular flexibility index (Phi) is 257. The van der Waals surface area contributed by atoms with Gasteiger partial charge < -0.3 is 65.0 Å². The van der Waals surface area contributed by atoms with Crippen LogP contribution in [-0.4, -0.2) is 197 Å². The van der Waals surface area contributed by atoms with Gasteiger partial charge in [0.15, 0.2) is 5.78 Å². The summed E-state index contributed by atoms with van der Waals surface area (Å²) in [5, 5.41) is 22.6. The largest absolute Gasteiger partial charge is 0.469 e. The smallest absolute Gasteiger partial charge is 0.305 e. The highest BCUT2D eigenvalue weighted by atomic mass is 32.2. The van der Waals surface area contributed by atoms with E-state index >= 15 is 0 Å². The van der Waals surface area contributed by atoms with Crippen molar-refractivity contribution < 1.29 is 75.9 Å². The number of pyridine rings is 1. The number of nitrogens with zero attached hydrogens (tertiary/aromatic N) is 4. The number of hydrogen-bond acceptors (Lipinski definition) is 20. The van der Waals surface area contributed by atoms with Crippen molar-refractivity contribution in [2.75, 3.05) is 90.3 Å². The number of nitrogens with one attached hydrogen (secondary N) is 6. The molecule has 0 saturated heterocycles. The number of unbranched alkanes of at least 4 members (excludes halogenated alkanes) is 1. The number of hydrogen-bond donors (Lipinski definition) is 6. The number of aryl methyl sites for hydroxylation is 4. The zero-order valence-corrected chi connectivity index (χ0v) is 91.6. The molecule has 896 valence electrons. The van der Waals surface area contributed by atoms with Crippen molar-refractivity contribution in [1.29, 1.82) is 0 Å². The van der Waals surface area contributed by atoms with Gasteiger partial charge in [-0.15, -0.1) is 16.8 Å². The highest BCUT2D eigenvalue weighted by molar-refractivity contribution is 7.99. The van der Waals surface area contributed by atoms with Crippen LogP contribution in [0, 0.1) is 37.0 Å². The third kappa shape index (κ3) is 299. The van der Waals surface area contributed by atoms with Gasteiger partial charge in [0, 0.05) is 151 Å². The highest BCUT2D eigenvalue weighted by Crippen LogP contribution is 2.30. The van der Waals surface area contributed by atoms with E-state index in [2.05, 4.69) is 186 Å². The van der Waals surface area contributed by atoms with Crippen molar-refractivity contribution in [3.63, 3.8) is 0 Å². The summed E-state index contributed by atoms with van der Waals surface area (Å²) in [5.41, 5.74) is 6.51. The quantitative estimate of drug-likeness (QED) is 0.0245. The average Bonchev–Trinajstić information content (AvgIpc) is 1.77. The molecule has 4 aliphatic carbocycles. The molecule has 5 aromatic rings. The molecule has 5 amide bonds. The van der Waals surface area contributed by atoms with Crippen molar-refractivity contribution in [2.45, 2.75) is 439 Å². The van der Waals surface area contributed by atoms with Crippen LogP contribution in [0.4, 0.5) is 0 Å². The molecule has 4 aliphatic rings. The summed E-state index contributed by atoms with van der Waals surface area (Å²) in [6.07, 6.45) is 32.7. The van der Waals surface area contributed by atoms with Crippen LogP contribution in [0.3, 0.4) is 0 Å². The first-order valence-corrected chi connectivity index (χ1v) is 48.5. The predicted molar refractivity (Wildman–Crippen MR) is 669 cm³/mol. The lowest BCUT2D eigenvalue weighted by Crippen LogP contribution is -2.21. The van der Waals surface area contributed by atoms with E-state index in [0.717, 1.165) is 50.0 Å². The molecule has 0 spiro atoms. The summed E-state index contributed by atoms with van der Waals surface area (Å²) >= 11 is 0. The Hall–Kier alpha value is -9.44. The van der Waals surface area contributed by atoms with Gasteiger partial charge in [-0.25, -0.2) is 0 Å². The van der Waals surface area contributed by atoms with Gasteiger partial charge in [0.2, 0.25) is 29.5 Å². The molecule has 2 aromatic heterocycles. The summed E-state index contributed by atoms with van der Waals surface area (Å²) in [4.78, 5) is 114. The summed E-state index contributed by atoms with van der Waals surface area (Å²) < 4.78 is 29.2. The van der Waals surface area contributed by atoms with Crippen LogP contribution in [0.15, 0.2) is 140 Å². The number of esters is 2. The first-order chi connectivity index (χ1) is 61.5. The second-order valence-electron chi connectivity index (χ2n) is 32.2. The van der Waals surface area contributed by atoms with Crippen LogP contribution in [0.5, 0.6) is 0 Å². The molecule has 0 bridgehead atoms. The Morgan fingerprint density at radius 2 is 0.797 bits per heavy atom. The molecule has 0 unspecified atom stereocenters. The van der Waals surface area contributed by atoms with E-state index in [0.29, 0.717) is 60.9 Å². The van der Waals surface area contributed by atoms with Crippen LogP contribution < -0.4 is 31.9 Å². The Balaban J connectivity index is -0.0000000351. The average molecular weight is 2140 g/mol. The van der Waals surface area contributed by atoms with Gasteiger partial charge in [-0.3, -0.25) is 52.3 Å². The van der Waals surface area contributed by atoms with E-state index in [9.17, 15) is 56.9 Å². The number of Topliss-reactive ketones (excluding diaryl/α,β-unsaturated/α-hetero) is 4. The fourth-order valence-electron chi connectivity index (χ4n) is 6.18. The Morgan fingerprint density at radius 1 is 0.473 bits per heavy atom. The van der Waals surface area contributed by atoms with Crippen molar-refractivity contribution in [3.05, 3.63) is 163 Å².